The summed E-state index contributed by atoms with van der Waals surface area (Å²) in [6.07, 6.45) is 4.70. The Balaban J connectivity index is 1.77. The Hall–Kier alpha value is -2.68. The first-order valence-electron chi connectivity index (χ1n) is 7.88. The maximum atomic E-state index is 5.62. The summed E-state index contributed by atoms with van der Waals surface area (Å²) in [5.41, 5.74) is 4.43. The third kappa shape index (κ3) is 3.75. The first-order valence-corrected chi connectivity index (χ1v) is 7.88. The monoisotopic (exact) mass is 304 g/mol. The smallest absolute Gasteiger partial charge is 0.159 e. The number of rotatable bonds is 5. The quantitative estimate of drug-likeness (QED) is 0.672. The van der Waals surface area contributed by atoms with Crippen molar-refractivity contribution < 1.29 is 4.74 Å². The normalized spacial score (nSPS) is 10.5. The number of ether oxygens (including phenoxy) is 1. The largest absolute Gasteiger partial charge is 0.494 e. The highest BCUT2D eigenvalue weighted by atomic mass is 16.5. The molecule has 0 bridgehead atoms. The van der Waals surface area contributed by atoms with Crippen molar-refractivity contribution in [2.75, 3.05) is 6.61 Å². The van der Waals surface area contributed by atoms with Gasteiger partial charge in [0.1, 0.15) is 5.75 Å². The molecule has 3 nitrogen and oxygen atoms in total. The van der Waals surface area contributed by atoms with Crippen molar-refractivity contribution in [1.82, 2.24) is 9.97 Å². The molecule has 0 aliphatic rings. The average Bonchev–Trinajstić information content (AvgIpc) is 2.61. The molecule has 0 radical (unpaired) electrons. The van der Waals surface area contributed by atoms with Gasteiger partial charge >= 0.3 is 0 Å². The van der Waals surface area contributed by atoms with Crippen molar-refractivity contribution in [2.24, 2.45) is 0 Å². The zero-order chi connectivity index (χ0) is 16.1. The van der Waals surface area contributed by atoms with Crippen LogP contribution in [0.5, 0.6) is 5.75 Å². The van der Waals surface area contributed by atoms with Crippen LogP contribution in [0.2, 0.25) is 0 Å². The lowest BCUT2D eigenvalue weighted by molar-refractivity contribution is 0.317. The van der Waals surface area contributed by atoms with Crippen LogP contribution in [-0.4, -0.2) is 16.6 Å². The number of hydrogen-bond donors (Lipinski definition) is 0. The summed E-state index contributed by atoms with van der Waals surface area (Å²) in [5.74, 6) is 1.67. The lowest BCUT2D eigenvalue weighted by Gasteiger charge is -2.07. The molecular weight excluding hydrogens is 284 g/mol. The molecular formula is C20H20N2O. The van der Waals surface area contributed by atoms with Gasteiger partial charge in [0, 0.05) is 18.0 Å². The van der Waals surface area contributed by atoms with Crippen LogP contribution in [0, 0.1) is 6.92 Å². The molecule has 0 saturated carbocycles. The predicted octanol–water partition coefficient (Wildman–Crippen LogP) is 4.91. The minimum absolute atomic E-state index is 0.755. The topological polar surface area (TPSA) is 35.0 Å². The van der Waals surface area contributed by atoms with Gasteiger partial charge in [-0.05, 0) is 42.2 Å². The first kappa shape index (κ1) is 15.2. The second-order valence-corrected chi connectivity index (χ2v) is 5.53. The molecule has 0 spiro atoms. The number of aromatic nitrogens is 2. The number of aryl methyl sites for hydroxylation is 1. The molecule has 0 atom stereocenters. The Kier molecular flexibility index (Phi) is 4.67. The fraction of sp³-hybridized carbons (Fsp3) is 0.200. The van der Waals surface area contributed by atoms with Gasteiger partial charge in [-0.25, -0.2) is 9.97 Å². The summed E-state index contributed by atoms with van der Waals surface area (Å²) in [4.78, 5) is 8.73. The Labute approximate surface area is 137 Å². The van der Waals surface area contributed by atoms with Crippen molar-refractivity contribution in [1.29, 1.82) is 0 Å². The molecule has 0 amide bonds. The van der Waals surface area contributed by atoms with Crippen molar-refractivity contribution in [2.45, 2.75) is 20.3 Å². The van der Waals surface area contributed by atoms with Crippen LogP contribution in [0.25, 0.3) is 22.5 Å². The van der Waals surface area contributed by atoms with E-state index < -0.39 is 0 Å². The Morgan fingerprint density at radius 3 is 1.87 bits per heavy atom. The molecule has 1 heterocycles. The van der Waals surface area contributed by atoms with Gasteiger partial charge in [-0.1, -0.05) is 43.3 Å². The molecule has 3 heteroatoms. The van der Waals surface area contributed by atoms with E-state index >= 15 is 0 Å². The maximum Gasteiger partial charge on any atom is 0.159 e. The van der Waals surface area contributed by atoms with Crippen LogP contribution in [0.3, 0.4) is 0 Å². The highest BCUT2D eigenvalue weighted by molar-refractivity contribution is 5.68. The van der Waals surface area contributed by atoms with E-state index in [0.29, 0.717) is 0 Å². The molecule has 0 unspecified atom stereocenters. The number of hydrogen-bond acceptors (Lipinski definition) is 3. The fourth-order valence-electron chi connectivity index (χ4n) is 2.32. The van der Waals surface area contributed by atoms with Crippen molar-refractivity contribution in [3.8, 4) is 28.3 Å². The first-order chi connectivity index (χ1) is 11.3. The summed E-state index contributed by atoms with van der Waals surface area (Å²) in [7, 11) is 0. The maximum absolute atomic E-state index is 5.62. The minimum Gasteiger partial charge on any atom is -0.494 e. The lowest BCUT2D eigenvalue weighted by atomic mass is 10.0. The van der Waals surface area contributed by atoms with E-state index in [2.05, 4.69) is 53.3 Å². The van der Waals surface area contributed by atoms with Gasteiger partial charge in [-0.3, -0.25) is 0 Å². The zero-order valence-corrected chi connectivity index (χ0v) is 13.5. The van der Waals surface area contributed by atoms with Crippen LogP contribution < -0.4 is 4.74 Å². The van der Waals surface area contributed by atoms with Gasteiger partial charge in [0.05, 0.1) is 6.61 Å². The van der Waals surface area contributed by atoms with E-state index in [0.717, 1.165) is 35.7 Å². The van der Waals surface area contributed by atoms with E-state index in [1.807, 2.05) is 31.5 Å². The number of nitrogens with zero attached hydrogens (tertiary/aromatic N) is 2. The molecule has 1 aromatic heterocycles. The molecule has 0 N–H and O–H groups in total. The lowest BCUT2D eigenvalue weighted by Crippen LogP contribution is -1.94. The Morgan fingerprint density at radius 2 is 1.30 bits per heavy atom. The fourth-order valence-corrected chi connectivity index (χ4v) is 2.32. The summed E-state index contributed by atoms with van der Waals surface area (Å²) in [6.45, 7) is 4.85. The van der Waals surface area contributed by atoms with Crippen LogP contribution in [0.1, 0.15) is 18.9 Å². The van der Waals surface area contributed by atoms with Crippen molar-refractivity contribution >= 4 is 0 Å². The SMILES string of the molecule is CCCOc1ccc(-c2ccc(-c3ncc(C)cn3)cc2)cc1. The van der Waals surface area contributed by atoms with Crippen LogP contribution in [-0.2, 0) is 0 Å². The standard InChI is InChI=1S/C20H20N2O/c1-3-12-23-19-10-8-17(9-11-19)16-4-6-18(7-5-16)20-21-13-15(2)14-22-20/h4-11,13-14H,3,12H2,1-2H3. The van der Waals surface area contributed by atoms with E-state index in [1.165, 1.54) is 11.1 Å². The Bertz CT molecular complexity index is 747. The summed E-state index contributed by atoms with van der Waals surface area (Å²) in [5, 5.41) is 0. The highest BCUT2D eigenvalue weighted by Crippen LogP contribution is 2.25. The van der Waals surface area contributed by atoms with Crippen molar-refractivity contribution in [3.63, 3.8) is 0 Å². The van der Waals surface area contributed by atoms with E-state index in [9.17, 15) is 0 Å². The average molecular weight is 304 g/mol. The second kappa shape index (κ2) is 7.05. The molecule has 3 rings (SSSR count). The molecule has 116 valence electrons. The molecule has 23 heavy (non-hydrogen) atoms. The highest BCUT2D eigenvalue weighted by Gasteiger charge is 2.03. The van der Waals surface area contributed by atoms with Gasteiger partial charge in [-0.15, -0.1) is 0 Å². The van der Waals surface area contributed by atoms with E-state index in [1.54, 1.807) is 0 Å². The zero-order valence-electron chi connectivity index (χ0n) is 13.5. The summed E-state index contributed by atoms with van der Waals surface area (Å²) in [6, 6.07) is 16.5. The second-order valence-electron chi connectivity index (χ2n) is 5.53. The van der Waals surface area contributed by atoms with E-state index in [-0.39, 0.29) is 0 Å². The van der Waals surface area contributed by atoms with Crippen molar-refractivity contribution in [3.05, 3.63) is 66.5 Å². The van der Waals surface area contributed by atoms with Crippen LogP contribution >= 0.6 is 0 Å². The molecule has 0 aliphatic carbocycles. The molecule has 0 saturated heterocycles. The summed E-state index contributed by atoms with van der Waals surface area (Å²) < 4.78 is 5.62. The molecule has 0 aliphatic heterocycles. The molecule has 3 aromatic rings. The minimum atomic E-state index is 0.755. The molecule has 2 aromatic carbocycles. The predicted molar refractivity (Wildman–Crippen MR) is 93.4 cm³/mol. The third-order valence-corrected chi connectivity index (χ3v) is 3.58. The number of benzene rings is 2. The van der Waals surface area contributed by atoms with Gasteiger partial charge in [0.15, 0.2) is 5.82 Å². The van der Waals surface area contributed by atoms with Gasteiger partial charge in [0.2, 0.25) is 0 Å². The van der Waals surface area contributed by atoms with Gasteiger partial charge in [-0.2, -0.15) is 0 Å². The molecule has 0 fully saturated rings. The Morgan fingerprint density at radius 1 is 0.783 bits per heavy atom. The summed E-state index contributed by atoms with van der Waals surface area (Å²) >= 11 is 0. The van der Waals surface area contributed by atoms with Crippen LogP contribution in [0.4, 0.5) is 0 Å². The van der Waals surface area contributed by atoms with Crippen LogP contribution in [0.15, 0.2) is 60.9 Å². The third-order valence-electron chi connectivity index (χ3n) is 3.58. The van der Waals surface area contributed by atoms with Gasteiger partial charge < -0.3 is 4.74 Å². The van der Waals surface area contributed by atoms with E-state index in [4.69, 9.17) is 4.74 Å². The van der Waals surface area contributed by atoms with Gasteiger partial charge in [0.25, 0.3) is 0 Å².